The van der Waals surface area contributed by atoms with Gasteiger partial charge in [-0.2, -0.15) is 4.98 Å². The number of fused-ring (bicyclic) bond motifs is 3. The predicted molar refractivity (Wildman–Crippen MR) is 146 cm³/mol. The monoisotopic (exact) mass is 493 g/mol. The van der Waals surface area contributed by atoms with Gasteiger partial charge in [-0.15, -0.1) is 0 Å². The van der Waals surface area contributed by atoms with E-state index in [1.165, 1.54) is 0 Å². The van der Waals surface area contributed by atoms with Crippen LogP contribution in [0.3, 0.4) is 0 Å². The number of nitrogens with one attached hydrogen (secondary N) is 2. The minimum atomic E-state index is -0.368. The number of aromatic nitrogens is 2. The van der Waals surface area contributed by atoms with Crippen LogP contribution < -0.4 is 20.3 Å². The quantitative estimate of drug-likeness (QED) is 0.384. The molecule has 0 radical (unpaired) electrons. The Morgan fingerprint density at radius 1 is 0.811 bits per heavy atom. The van der Waals surface area contributed by atoms with Crippen LogP contribution in [0.5, 0.6) is 11.5 Å². The van der Waals surface area contributed by atoms with E-state index in [4.69, 9.17) is 14.7 Å². The highest BCUT2D eigenvalue weighted by atomic mass is 16.5. The fraction of sp³-hybridized carbons (Fsp3) is 0.300. The van der Waals surface area contributed by atoms with Crippen LogP contribution in [0.15, 0.2) is 72.8 Å². The molecule has 3 aromatic carbocycles. The highest BCUT2D eigenvalue weighted by Gasteiger charge is 2.34. The fourth-order valence-electron chi connectivity index (χ4n) is 5.51. The SMILES string of the molecule is CN(C)c1nc(N[C@H]2CC[C@@H](NC(=O)C3c4ccccc4Oc4ccccc43)CC2)nc2ccccc12. The van der Waals surface area contributed by atoms with Crippen LogP contribution in [-0.4, -0.2) is 42.1 Å². The molecule has 7 nitrogen and oxygen atoms in total. The van der Waals surface area contributed by atoms with Crippen LogP contribution in [-0.2, 0) is 4.79 Å². The molecule has 1 aromatic heterocycles. The van der Waals surface area contributed by atoms with Crippen molar-refractivity contribution in [2.24, 2.45) is 0 Å². The third kappa shape index (κ3) is 4.57. The van der Waals surface area contributed by atoms with E-state index in [-0.39, 0.29) is 23.9 Å². The molecule has 188 valence electrons. The van der Waals surface area contributed by atoms with Crippen molar-refractivity contribution in [2.45, 2.75) is 43.7 Å². The molecule has 2 N–H and O–H groups in total. The first-order valence-corrected chi connectivity index (χ1v) is 12.9. The van der Waals surface area contributed by atoms with Gasteiger partial charge in [-0.05, 0) is 49.9 Å². The van der Waals surface area contributed by atoms with Crippen molar-refractivity contribution in [3.05, 3.63) is 83.9 Å². The van der Waals surface area contributed by atoms with Crippen LogP contribution >= 0.6 is 0 Å². The Kier molecular flexibility index (Phi) is 6.12. The van der Waals surface area contributed by atoms with Crippen molar-refractivity contribution in [3.63, 3.8) is 0 Å². The summed E-state index contributed by atoms with van der Waals surface area (Å²) in [6, 6.07) is 24.1. The van der Waals surface area contributed by atoms with Gasteiger partial charge in [0.25, 0.3) is 0 Å². The molecule has 0 spiro atoms. The molecule has 1 aliphatic carbocycles. The van der Waals surface area contributed by atoms with Gasteiger partial charge in [0.1, 0.15) is 17.3 Å². The Morgan fingerprint density at radius 3 is 2.08 bits per heavy atom. The van der Waals surface area contributed by atoms with Crippen molar-refractivity contribution in [1.82, 2.24) is 15.3 Å². The third-order valence-electron chi connectivity index (χ3n) is 7.36. The molecule has 4 aromatic rings. The normalized spacial score (nSPS) is 18.9. The number of hydrogen-bond acceptors (Lipinski definition) is 6. The Morgan fingerprint density at radius 2 is 1.41 bits per heavy atom. The summed E-state index contributed by atoms with van der Waals surface area (Å²) in [5, 5.41) is 7.94. The summed E-state index contributed by atoms with van der Waals surface area (Å²) in [5.41, 5.74) is 2.76. The van der Waals surface area contributed by atoms with Crippen molar-refractivity contribution in [3.8, 4) is 11.5 Å². The van der Waals surface area contributed by atoms with Gasteiger partial charge < -0.3 is 20.3 Å². The molecule has 0 unspecified atom stereocenters. The Hall–Kier alpha value is -4.13. The molecule has 7 heteroatoms. The minimum absolute atomic E-state index is 0.0353. The number of carbonyl (C=O) groups excluding carboxylic acids is 1. The molecule has 1 saturated carbocycles. The Balaban J connectivity index is 1.13. The third-order valence-corrected chi connectivity index (χ3v) is 7.36. The zero-order valence-corrected chi connectivity index (χ0v) is 21.1. The maximum Gasteiger partial charge on any atom is 0.232 e. The second-order valence-electron chi connectivity index (χ2n) is 10.1. The smallest absolute Gasteiger partial charge is 0.232 e. The molecular weight excluding hydrogens is 462 g/mol. The first kappa shape index (κ1) is 23.3. The van der Waals surface area contributed by atoms with E-state index >= 15 is 0 Å². The molecular formula is C30H31N5O2. The summed E-state index contributed by atoms with van der Waals surface area (Å²) < 4.78 is 6.07. The van der Waals surface area contributed by atoms with Crippen molar-refractivity contribution < 1.29 is 9.53 Å². The lowest BCUT2D eigenvalue weighted by atomic mass is 9.86. The number of hydrogen-bond donors (Lipinski definition) is 2. The molecule has 37 heavy (non-hydrogen) atoms. The van der Waals surface area contributed by atoms with E-state index in [9.17, 15) is 4.79 Å². The van der Waals surface area contributed by atoms with Crippen LogP contribution in [0.1, 0.15) is 42.7 Å². The van der Waals surface area contributed by atoms with Gasteiger partial charge in [0.15, 0.2) is 0 Å². The maximum atomic E-state index is 13.6. The molecule has 0 atom stereocenters. The second kappa shape index (κ2) is 9.73. The van der Waals surface area contributed by atoms with Gasteiger partial charge in [-0.3, -0.25) is 4.79 Å². The van der Waals surface area contributed by atoms with Crippen LogP contribution in [0, 0.1) is 0 Å². The summed E-state index contributed by atoms with van der Waals surface area (Å²) in [6.45, 7) is 0. The van der Waals surface area contributed by atoms with E-state index in [1.54, 1.807) is 0 Å². The second-order valence-corrected chi connectivity index (χ2v) is 10.1. The van der Waals surface area contributed by atoms with E-state index in [0.717, 1.165) is 65.0 Å². The van der Waals surface area contributed by atoms with E-state index in [0.29, 0.717) is 5.95 Å². The van der Waals surface area contributed by atoms with E-state index in [2.05, 4.69) is 16.7 Å². The highest BCUT2D eigenvalue weighted by molar-refractivity contribution is 5.91. The lowest BCUT2D eigenvalue weighted by molar-refractivity contribution is -0.122. The minimum Gasteiger partial charge on any atom is -0.457 e. The van der Waals surface area contributed by atoms with E-state index < -0.39 is 0 Å². The first-order chi connectivity index (χ1) is 18.1. The summed E-state index contributed by atoms with van der Waals surface area (Å²) >= 11 is 0. The molecule has 2 heterocycles. The lowest BCUT2D eigenvalue weighted by Crippen LogP contribution is -2.42. The Bertz CT molecular complexity index is 1400. The molecule has 0 saturated heterocycles. The predicted octanol–water partition coefficient (Wildman–Crippen LogP) is 5.47. The van der Waals surface area contributed by atoms with Gasteiger partial charge in [0, 0.05) is 42.7 Å². The topological polar surface area (TPSA) is 79.4 Å². The zero-order chi connectivity index (χ0) is 25.4. The Labute approximate surface area is 216 Å². The van der Waals surface area contributed by atoms with Crippen molar-refractivity contribution in [1.29, 1.82) is 0 Å². The molecule has 1 aliphatic heterocycles. The van der Waals surface area contributed by atoms with Crippen LogP contribution in [0.2, 0.25) is 0 Å². The van der Waals surface area contributed by atoms with Gasteiger partial charge in [-0.25, -0.2) is 4.98 Å². The summed E-state index contributed by atoms with van der Waals surface area (Å²) in [4.78, 5) is 25.1. The molecule has 1 amide bonds. The molecule has 0 bridgehead atoms. The number of carbonyl (C=O) groups is 1. The summed E-state index contributed by atoms with van der Waals surface area (Å²) in [7, 11) is 4.00. The van der Waals surface area contributed by atoms with Gasteiger partial charge in [0.05, 0.1) is 11.4 Å². The van der Waals surface area contributed by atoms with Gasteiger partial charge in [0.2, 0.25) is 11.9 Å². The number of anilines is 2. The number of ether oxygens (including phenoxy) is 1. The largest absolute Gasteiger partial charge is 0.457 e. The fourth-order valence-corrected chi connectivity index (χ4v) is 5.51. The molecule has 6 rings (SSSR count). The zero-order valence-electron chi connectivity index (χ0n) is 21.1. The highest BCUT2D eigenvalue weighted by Crippen LogP contribution is 2.44. The number of benzene rings is 3. The summed E-state index contributed by atoms with van der Waals surface area (Å²) in [6.07, 6.45) is 3.70. The summed E-state index contributed by atoms with van der Waals surface area (Å²) in [5.74, 6) is 2.74. The molecule has 2 aliphatic rings. The average Bonchev–Trinajstić information content (AvgIpc) is 2.92. The van der Waals surface area contributed by atoms with Crippen molar-refractivity contribution in [2.75, 3.05) is 24.3 Å². The lowest BCUT2D eigenvalue weighted by Gasteiger charge is -2.32. The number of amides is 1. The van der Waals surface area contributed by atoms with Crippen LogP contribution in [0.25, 0.3) is 10.9 Å². The first-order valence-electron chi connectivity index (χ1n) is 12.9. The van der Waals surface area contributed by atoms with Crippen LogP contribution in [0.4, 0.5) is 11.8 Å². The number of para-hydroxylation sites is 3. The van der Waals surface area contributed by atoms with Crippen molar-refractivity contribution >= 4 is 28.6 Å². The molecule has 1 fully saturated rings. The van der Waals surface area contributed by atoms with E-state index in [1.807, 2.05) is 85.7 Å². The number of nitrogens with zero attached hydrogens (tertiary/aromatic N) is 3. The van der Waals surface area contributed by atoms with Gasteiger partial charge in [-0.1, -0.05) is 48.5 Å². The maximum absolute atomic E-state index is 13.6. The van der Waals surface area contributed by atoms with Gasteiger partial charge >= 0.3 is 0 Å². The number of rotatable bonds is 5. The average molecular weight is 494 g/mol. The standard InChI is InChI=1S/C30H31N5O2/c1-35(2)28-21-9-3-6-12-24(21)33-30(34-28)32-20-17-15-19(16-18-20)31-29(36)27-22-10-4-7-13-25(22)37-26-14-8-5-11-23(26)27/h3-14,19-20,27H,15-18H2,1-2H3,(H,31,36)(H,32,33,34)/t19-,20+.